The van der Waals surface area contributed by atoms with Crippen LogP contribution in [0.4, 0.5) is 0 Å². The van der Waals surface area contributed by atoms with Crippen molar-refractivity contribution < 1.29 is 8.42 Å². The lowest BCUT2D eigenvalue weighted by molar-refractivity contribution is 0.466. The normalized spacial score (nSPS) is 12.0. The number of hydrogen-bond donors (Lipinski definition) is 0. The minimum Gasteiger partial charge on any atom is -0.207 e. The Hall–Kier alpha value is -0.880. The summed E-state index contributed by atoms with van der Waals surface area (Å²) in [5.41, 5.74) is 2.09. The average molecular weight is 344 g/mol. The van der Waals surface area contributed by atoms with E-state index < -0.39 is 10.0 Å². The Bertz CT molecular complexity index is 738. The molecule has 0 spiro atoms. The van der Waals surface area contributed by atoms with E-state index in [4.69, 9.17) is 11.6 Å². The Balaban J connectivity index is 2.30. The molecule has 3 nitrogen and oxygen atoms in total. The maximum atomic E-state index is 12.7. The molecule has 0 aliphatic carbocycles. The molecule has 1 heterocycles. The van der Waals surface area contributed by atoms with E-state index >= 15 is 0 Å². The Labute approximate surface area is 135 Å². The van der Waals surface area contributed by atoms with Crippen molar-refractivity contribution in [2.45, 2.75) is 31.2 Å². The highest BCUT2D eigenvalue weighted by molar-refractivity contribution is 7.89. The zero-order valence-electron chi connectivity index (χ0n) is 12.3. The fourth-order valence-electron chi connectivity index (χ4n) is 2.13. The summed E-state index contributed by atoms with van der Waals surface area (Å²) in [5, 5.41) is 0. The molecule has 21 heavy (non-hydrogen) atoms. The molecule has 0 aliphatic rings. The Morgan fingerprint density at radius 3 is 2.48 bits per heavy atom. The SMILES string of the molecule is Cc1ccccc1CN(C)S(=O)(=O)c1cc(CCl)sc1C. The third kappa shape index (κ3) is 3.48. The van der Waals surface area contributed by atoms with Gasteiger partial charge in [0, 0.05) is 23.3 Å². The molecule has 0 aliphatic heterocycles. The van der Waals surface area contributed by atoms with Crippen LogP contribution in [-0.2, 0) is 22.4 Å². The van der Waals surface area contributed by atoms with Crippen LogP contribution in [-0.4, -0.2) is 19.8 Å². The van der Waals surface area contributed by atoms with Crippen molar-refractivity contribution in [2.24, 2.45) is 0 Å². The summed E-state index contributed by atoms with van der Waals surface area (Å²) in [6.45, 7) is 4.16. The molecule has 1 aromatic carbocycles. The largest absolute Gasteiger partial charge is 0.244 e. The fraction of sp³-hybridized carbons (Fsp3) is 0.333. The van der Waals surface area contributed by atoms with Crippen molar-refractivity contribution >= 4 is 33.0 Å². The molecule has 0 unspecified atom stereocenters. The van der Waals surface area contributed by atoms with E-state index in [-0.39, 0.29) is 0 Å². The maximum absolute atomic E-state index is 12.7. The van der Waals surface area contributed by atoms with Gasteiger partial charge in [-0.25, -0.2) is 8.42 Å². The van der Waals surface area contributed by atoms with Crippen LogP contribution < -0.4 is 0 Å². The highest BCUT2D eigenvalue weighted by Gasteiger charge is 2.25. The van der Waals surface area contributed by atoms with Crippen molar-refractivity contribution in [3.05, 3.63) is 51.2 Å². The standard InChI is InChI=1S/C15H18ClNO2S2/c1-11-6-4-5-7-13(11)10-17(3)21(18,19)15-8-14(9-16)20-12(15)2/h4-8H,9-10H2,1-3H3. The van der Waals surface area contributed by atoms with Gasteiger partial charge in [-0.05, 0) is 31.0 Å². The van der Waals surface area contributed by atoms with Gasteiger partial charge in [-0.3, -0.25) is 0 Å². The Kier molecular flexibility index (Phi) is 5.09. The van der Waals surface area contributed by atoms with Gasteiger partial charge in [0.1, 0.15) is 0 Å². The van der Waals surface area contributed by atoms with Gasteiger partial charge >= 0.3 is 0 Å². The minimum atomic E-state index is -3.49. The van der Waals surface area contributed by atoms with Gasteiger partial charge in [0.2, 0.25) is 10.0 Å². The molecule has 2 rings (SSSR count). The summed E-state index contributed by atoms with van der Waals surface area (Å²) >= 11 is 7.22. The van der Waals surface area contributed by atoms with Crippen LogP contribution in [0.5, 0.6) is 0 Å². The molecular formula is C15H18ClNO2S2. The van der Waals surface area contributed by atoms with Crippen LogP contribution in [0.3, 0.4) is 0 Å². The van der Waals surface area contributed by atoms with Crippen molar-refractivity contribution in [2.75, 3.05) is 7.05 Å². The van der Waals surface area contributed by atoms with Crippen LogP contribution in [0, 0.1) is 13.8 Å². The van der Waals surface area contributed by atoms with E-state index in [1.165, 1.54) is 15.6 Å². The molecule has 0 saturated heterocycles. The first kappa shape index (κ1) is 16.5. The average Bonchev–Trinajstić information content (AvgIpc) is 2.83. The minimum absolute atomic E-state index is 0.336. The van der Waals surface area contributed by atoms with Gasteiger partial charge in [0.15, 0.2) is 0 Å². The summed E-state index contributed by atoms with van der Waals surface area (Å²) in [6.07, 6.45) is 0. The second kappa shape index (κ2) is 6.48. The lowest BCUT2D eigenvalue weighted by Crippen LogP contribution is -2.27. The third-order valence-corrected chi connectivity index (χ3v) is 6.95. The van der Waals surface area contributed by atoms with Gasteiger partial charge in [-0.2, -0.15) is 4.31 Å². The molecule has 0 N–H and O–H groups in total. The molecule has 2 aromatic rings. The molecule has 1 aromatic heterocycles. The topological polar surface area (TPSA) is 37.4 Å². The van der Waals surface area contributed by atoms with Gasteiger partial charge in [0.05, 0.1) is 10.8 Å². The van der Waals surface area contributed by atoms with Crippen LogP contribution in [0.25, 0.3) is 0 Å². The number of thiophene rings is 1. The van der Waals surface area contributed by atoms with Crippen molar-refractivity contribution in [1.29, 1.82) is 0 Å². The number of sulfonamides is 1. The summed E-state index contributed by atoms with van der Waals surface area (Å²) in [6, 6.07) is 9.48. The first-order chi connectivity index (χ1) is 9.86. The summed E-state index contributed by atoms with van der Waals surface area (Å²) in [4.78, 5) is 2.01. The lowest BCUT2D eigenvalue weighted by atomic mass is 10.1. The number of halogens is 1. The van der Waals surface area contributed by atoms with Crippen LogP contribution in [0.1, 0.15) is 20.9 Å². The number of hydrogen-bond acceptors (Lipinski definition) is 3. The van der Waals surface area contributed by atoms with E-state index in [1.54, 1.807) is 13.1 Å². The highest BCUT2D eigenvalue weighted by atomic mass is 35.5. The van der Waals surface area contributed by atoms with Gasteiger partial charge in [-0.15, -0.1) is 22.9 Å². The molecule has 0 fully saturated rings. The number of rotatable bonds is 5. The first-order valence-electron chi connectivity index (χ1n) is 6.52. The fourth-order valence-corrected chi connectivity index (χ4v) is 4.97. The van der Waals surface area contributed by atoms with Crippen molar-refractivity contribution in [3.63, 3.8) is 0 Å². The van der Waals surface area contributed by atoms with E-state index in [1.807, 2.05) is 38.1 Å². The third-order valence-electron chi connectivity index (χ3n) is 3.40. The first-order valence-corrected chi connectivity index (χ1v) is 9.31. The maximum Gasteiger partial charge on any atom is 0.244 e. The molecule has 114 valence electrons. The number of benzene rings is 1. The molecule has 0 bridgehead atoms. The number of aryl methyl sites for hydroxylation is 2. The van der Waals surface area contributed by atoms with Gasteiger partial charge < -0.3 is 0 Å². The highest BCUT2D eigenvalue weighted by Crippen LogP contribution is 2.29. The van der Waals surface area contributed by atoms with E-state index in [9.17, 15) is 8.42 Å². The molecule has 0 amide bonds. The van der Waals surface area contributed by atoms with Crippen LogP contribution >= 0.6 is 22.9 Å². The van der Waals surface area contributed by atoms with E-state index in [0.29, 0.717) is 17.3 Å². The quantitative estimate of drug-likeness (QED) is 0.771. The summed E-state index contributed by atoms with van der Waals surface area (Å²) < 4.78 is 26.8. The van der Waals surface area contributed by atoms with Crippen molar-refractivity contribution in [1.82, 2.24) is 4.31 Å². The van der Waals surface area contributed by atoms with Crippen LogP contribution in [0.15, 0.2) is 35.2 Å². The predicted octanol–water partition coefficient (Wildman–Crippen LogP) is 3.92. The smallest absolute Gasteiger partial charge is 0.207 e. The number of nitrogens with zero attached hydrogens (tertiary/aromatic N) is 1. The van der Waals surface area contributed by atoms with E-state index in [0.717, 1.165) is 20.9 Å². The molecule has 0 atom stereocenters. The van der Waals surface area contributed by atoms with Crippen molar-refractivity contribution in [3.8, 4) is 0 Å². The second-order valence-electron chi connectivity index (χ2n) is 4.95. The predicted molar refractivity (Wildman–Crippen MR) is 88.4 cm³/mol. The molecule has 0 radical (unpaired) electrons. The zero-order chi connectivity index (χ0) is 15.6. The molecular weight excluding hydrogens is 326 g/mol. The molecule has 0 saturated carbocycles. The Morgan fingerprint density at radius 1 is 1.24 bits per heavy atom. The molecule has 6 heteroatoms. The lowest BCUT2D eigenvalue weighted by Gasteiger charge is -2.18. The summed E-state index contributed by atoms with van der Waals surface area (Å²) in [5.74, 6) is 0.336. The number of alkyl halides is 1. The zero-order valence-corrected chi connectivity index (χ0v) is 14.6. The summed E-state index contributed by atoms with van der Waals surface area (Å²) in [7, 11) is -1.88. The van der Waals surface area contributed by atoms with Gasteiger partial charge in [-0.1, -0.05) is 24.3 Å². The second-order valence-corrected chi connectivity index (χ2v) is 8.58. The van der Waals surface area contributed by atoms with Gasteiger partial charge in [0.25, 0.3) is 0 Å². The Morgan fingerprint density at radius 2 is 1.90 bits per heavy atom. The van der Waals surface area contributed by atoms with E-state index in [2.05, 4.69) is 0 Å². The monoisotopic (exact) mass is 343 g/mol. The van der Waals surface area contributed by atoms with Crippen LogP contribution in [0.2, 0.25) is 0 Å².